The van der Waals surface area contributed by atoms with E-state index in [1.54, 1.807) is 19.1 Å². The highest BCUT2D eigenvalue weighted by molar-refractivity contribution is 5.82. The normalized spacial score (nSPS) is 16.1. The number of nitrogens with two attached hydrogens (primary N) is 1. The second kappa shape index (κ2) is 9.30. The van der Waals surface area contributed by atoms with Crippen LogP contribution in [-0.2, 0) is 14.3 Å². The quantitative estimate of drug-likeness (QED) is 0.668. The molecule has 5 heteroatoms. The molecule has 3 atom stereocenters. The van der Waals surface area contributed by atoms with Gasteiger partial charge in [0.2, 0.25) is 5.91 Å². The van der Waals surface area contributed by atoms with Crippen molar-refractivity contribution in [3.63, 3.8) is 0 Å². The molecule has 0 aromatic carbocycles. The molecule has 0 aromatic heterocycles. The first-order chi connectivity index (χ1) is 8.49. The smallest absolute Gasteiger partial charge is 0.240 e. The minimum absolute atomic E-state index is 0.00718. The SMILES string of the molecule is CCC(C)C(N)C(=O)N(CCOC)C(C)COC. The van der Waals surface area contributed by atoms with Gasteiger partial charge in [-0.05, 0) is 12.8 Å². The van der Waals surface area contributed by atoms with Crippen molar-refractivity contribution >= 4 is 5.91 Å². The van der Waals surface area contributed by atoms with Gasteiger partial charge in [0.1, 0.15) is 0 Å². The molecular formula is C13H28N2O3. The zero-order chi connectivity index (χ0) is 14.1. The van der Waals surface area contributed by atoms with E-state index >= 15 is 0 Å². The maximum Gasteiger partial charge on any atom is 0.240 e. The number of carbonyl (C=O) groups is 1. The van der Waals surface area contributed by atoms with E-state index in [4.69, 9.17) is 15.2 Å². The molecule has 0 aliphatic heterocycles. The fraction of sp³-hybridized carbons (Fsp3) is 0.923. The number of carbonyl (C=O) groups excluding carboxylic acids is 1. The summed E-state index contributed by atoms with van der Waals surface area (Å²) in [7, 11) is 3.25. The third kappa shape index (κ3) is 5.33. The van der Waals surface area contributed by atoms with Gasteiger partial charge in [-0.15, -0.1) is 0 Å². The molecule has 0 aromatic rings. The average molecular weight is 260 g/mol. The maximum absolute atomic E-state index is 12.4. The Morgan fingerprint density at radius 3 is 2.33 bits per heavy atom. The monoisotopic (exact) mass is 260 g/mol. The summed E-state index contributed by atoms with van der Waals surface area (Å²) in [4.78, 5) is 14.1. The number of amides is 1. The van der Waals surface area contributed by atoms with Crippen molar-refractivity contribution in [2.75, 3.05) is 34.0 Å². The first-order valence-electron chi connectivity index (χ1n) is 6.53. The zero-order valence-corrected chi connectivity index (χ0v) is 12.3. The van der Waals surface area contributed by atoms with E-state index in [-0.39, 0.29) is 17.9 Å². The van der Waals surface area contributed by atoms with Crippen LogP contribution >= 0.6 is 0 Å². The lowest BCUT2D eigenvalue weighted by atomic mass is 9.98. The Morgan fingerprint density at radius 2 is 1.89 bits per heavy atom. The van der Waals surface area contributed by atoms with Crippen molar-refractivity contribution in [1.29, 1.82) is 0 Å². The van der Waals surface area contributed by atoms with Crippen LogP contribution in [0.1, 0.15) is 27.2 Å². The highest BCUT2D eigenvalue weighted by atomic mass is 16.5. The molecule has 0 bridgehead atoms. The summed E-state index contributed by atoms with van der Waals surface area (Å²) in [6, 6.07) is -0.445. The number of hydrogen-bond donors (Lipinski definition) is 1. The van der Waals surface area contributed by atoms with Crippen molar-refractivity contribution < 1.29 is 14.3 Å². The average Bonchev–Trinajstić information content (AvgIpc) is 2.37. The lowest BCUT2D eigenvalue weighted by molar-refractivity contribution is -0.137. The molecule has 108 valence electrons. The minimum atomic E-state index is -0.453. The molecule has 0 saturated carbocycles. The molecule has 2 N–H and O–H groups in total. The summed E-state index contributed by atoms with van der Waals surface area (Å²) in [6.45, 7) is 7.55. The third-order valence-corrected chi connectivity index (χ3v) is 3.30. The van der Waals surface area contributed by atoms with E-state index in [1.807, 2.05) is 20.8 Å². The molecule has 0 rings (SSSR count). The Balaban J connectivity index is 4.66. The van der Waals surface area contributed by atoms with Gasteiger partial charge in [0.15, 0.2) is 0 Å². The van der Waals surface area contributed by atoms with Crippen LogP contribution in [0.3, 0.4) is 0 Å². The van der Waals surface area contributed by atoms with Gasteiger partial charge >= 0.3 is 0 Å². The highest BCUT2D eigenvalue weighted by Gasteiger charge is 2.27. The second-order valence-corrected chi connectivity index (χ2v) is 4.74. The first kappa shape index (κ1) is 17.4. The Morgan fingerprint density at radius 1 is 1.28 bits per heavy atom. The van der Waals surface area contributed by atoms with Gasteiger partial charge < -0.3 is 20.1 Å². The fourth-order valence-corrected chi connectivity index (χ4v) is 1.76. The number of methoxy groups -OCH3 is 2. The van der Waals surface area contributed by atoms with Gasteiger partial charge in [-0.3, -0.25) is 4.79 Å². The molecule has 18 heavy (non-hydrogen) atoms. The summed E-state index contributed by atoms with van der Waals surface area (Å²) in [6.07, 6.45) is 0.893. The van der Waals surface area contributed by atoms with Crippen LogP contribution in [0, 0.1) is 5.92 Å². The number of ether oxygens (including phenoxy) is 2. The van der Waals surface area contributed by atoms with E-state index in [1.165, 1.54) is 0 Å². The lowest BCUT2D eigenvalue weighted by Gasteiger charge is -2.32. The minimum Gasteiger partial charge on any atom is -0.383 e. The van der Waals surface area contributed by atoms with Gasteiger partial charge in [0, 0.05) is 20.8 Å². The largest absolute Gasteiger partial charge is 0.383 e. The van der Waals surface area contributed by atoms with E-state index in [0.29, 0.717) is 19.8 Å². The Hall–Kier alpha value is -0.650. The summed E-state index contributed by atoms with van der Waals surface area (Å²) in [5, 5.41) is 0. The molecule has 1 amide bonds. The first-order valence-corrected chi connectivity index (χ1v) is 6.53. The van der Waals surface area contributed by atoms with Crippen LogP contribution < -0.4 is 5.73 Å². The van der Waals surface area contributed by atoms with Gasteiger partial charge in [0.25, 0.3) is 0 Å². The molecule has 0 saturated heterocycles. The number of rotatable bonds is 9. The third-order valence-electron chi connectivity index (χ3n) is 3.30. The van der Waals surface area contributed by atoms with Crippen LogP contribution in [0.15, 0.2) is 0 Å². The second-order valence-electron chi connectivity index (χ2n) is 4.74. The van der Waals surface area contributed by atoms with Crippen LogP contribution in [0.2, 0.25) is 0 Å². The molecule has 0 aliphatic rings. The zero-order valence-electron chi connectivity index (χ0n) is 12.3. The molecule has 0 heterocycles. The predicted molar refractivity (Wildman–Crippen MR) is 72.4 cm³/mol. The van der Waals surface area contributed by atoms with Crippen molar-refractivity contribution in [2.24, 2.45) is 11.7 Å². The van der Waals surface area contributed by atoms with Crippen LogP contribution in [-0.4, -0.2) is 56.9 Å². The summed E-state index contributed by atoms with van der Waals surface area (Å²) < 4.78 is 10.1. The van der Waals surface area contributed by atoms with Gasteiger partial charge in [-0.2, -0.15) is 0 Å². The Labute approximate surface area is 111 Å². The molecular weight excluding hydrogens is 232 g/mol. The Kier molecular flexibility index (Phi) is 8.97. The summed E-state index contributed by atoms with van der Waals surface area (Å²) in [5.74, 6) is 0.156. The highest BCUT2D eigenvalue weighted by Crippen LogP contribution is 2.11. The summed E-state index contributed by atoms with van der Waals surface area (Å²) in [5.41, 5.74) is 6.00. The van der Waals surface area contributed by atoms with E-state index in [2.05, 4.69) is 0 Å². The standard InChI is InChI=1S/C13H28N2O3/c1-6-10(2)12(14)13(16)15(7-8-17-4)11(3)9-18-5/h10-12H,6-9,14H2,1-5H3. The van der Waals surface area contributed by atoms with E-state index in [9.17, 15) is 4.79 Å². The van der Waals surface area contributed by atoms with Crippen LogP contribution in [0.4, 0.5) is 0 Å². The molecule has 0 radical (unpaired) electrons. The van der Waals surface area contributed by atoms with E-state index in [0.717, 1.165) is 6.42 Å². The van der Waals surface area contributed by atoms with Crippen molar-refractivity contribution in [3.05, 3.63) is 0 Å². The number of nitrogens with zero attached hydrogens (tertiary/aromatic N) is 1. The maximum atomic E-state index is 12.4. The predicted octanol–water partition coefficient (Wildman–Crippen LogP) is 0.870. The van der Waals surface area contributed by atoms with Gasteiger partial charge in [0.05, 0.1) is 25.3 Å². The molecule has 3 unspecified atom stereocenters. The van der Waals surface area contributed by atoms with Gasteiger partial charge in [-0.1, -0.05) is 20.3 Å². The number of hydrogen-bond acceptors (Lipinski definition) is 4. The molecule has 0 aliphatic carbocycles. The molecule has 0 spiro atoms. The molecule has 0 fully saturated rings. The van der Waals surface area contributed by atoms with Crippen LogP contribution in [0.25, 0.3) is 0 Å². The topological polar surface area (TPSA) is 64.8 Å². The Bertz CT molecular complexity index is 236. The summed E-state index contributed by atoms with van der Waals surface area (Å²) >= 11 is 0. The van der Waals surface area contributed by atoms with Crippen molar-refractivity contribution in [2.45, 2.75) is 39.3 Å². The van der Waals surface area contributed by atoms with E-state index < -0.39 is 6.04 Å². The molecule has 5 nitrogen and oxygen atoms in total. The van der Waals surface area contributed by atoms with Crippen molar-refractivity contribution in [3.8, 4) is 0 Å². The fourth-order valence-electron chi connectivity index (χ4n) is 1.76. The van der Waals surface area contributed by atoms with Crippen LogP contribution in [0.5, 0.6) is 0 Å². The lowest BCUT2D eigenvalue weighted by Crippen LogP contribution is -2.52. The van der Waals surface area contributed by atoms with Gasteiger partial charge in [-0.25, -0.2) is 0 Å². The van der Waals surface area contributed by atoms with Crippen molar-refractivity contribution in [1.82, 2.24) is 4.90 Å².